The van der Waals surface area contributed by atoms with E-state index in [9.17, 15) is 8.78 Å². The molecule has 0 saturated carbocycles. The molecule has 0 saturated heterocycles. The van der Waals surface area contributed by atoms with Crippen LogP contribution in [0.3, 0.4) is 0 Å². The van der Waals surface area contributed by atoms with Gasteiger partial charge in [0.15, 0.2) is 6.17 Å². The maximum atomic E-state index is 12.0. The summed E-state index contributed by atoms with van der Waals surface area (Å²) in [6.45, 7) is -0.173. The molecule has 9 heavy (non-hydrogen) atoms. The third-order valence-electron chi connectivity index (χ3n) is 0.936. The fourth-order valence-electron chi connectivity index (χ4n) is 0.424. The van der Waals surface area contributed by atoms with E-state index in [1.807, 2.05) is 0 Å². The van der Waals surface area contributed by atoms with Gasteiger partial charge in [0, 0.05) is 6.61 Å². The highest BCUT2D eigenvalue weighted by molar-refractivity contribution is 4.56. The van der Waals surface area contributed by atoms with Gasteiger partial charge in [0.1, 0.15) is 0 Å². The molecule has 0 bridgehead atoms. The standard InChI is InChI=1S/C5H10F2O2/c6-4(5(7)9)2-1-3-8/h4-5,8-9H,1-3H2. The Morgan fingerprint density at radius 2 is 1.89 bits per heavy atom. The molecule has 0 aliphatic heterocycles. The fraction of sp³-hybridized carbons (Fsp3) is 1.00. The van der Waals surface area contributed by atoms with E-state index >= 15 is 0 Å². The molecule has 0 spiro atoms. The lowest BCUT2D eigenvalue weighted by Gasteiger charge is -2.05. The highest BCUT2D eigenvalue weighted by atomic mass is 19.2. The first kappa shape index (κ1) is 8.78. The van der Waals surface area contributed by atoms with Gasteiger partial charge in [0.25, 0.3) is 0 Å². The van der Waals surface area contributed by atoms with Gasteiger partial charge < -0.3 is 10.2 Å². The zero-order valence-electron chi connectivity index (χ0n) is 4.93. The van der Waals surface area contributed by atoms with Crippen molar-refractivity contribution in [1.29, 1.82) is 0 Å². The minimum atomic E-state index is -2.41. The van der Waals surface area contributed by atoms with Gasteiger partial charge in [-0.25, -0.2) is 8.78 Å². The molecule has 2 unspecified atom stereocenters. The molecule has 56 valence electrons. The van der Waals surface area contributed by atoms with Gasteiger partial charge in [-0.2, -0.15) is 0 Å². The predicted molar refractivity (Wildman–Crippen MR) is 28.3 cm³/mol. The Bertz CT molecular complexity index is 68.0. The molecule has 0 fully saturated rings. The topological polar surface area (TPSA) is 40.5 Å². The van der Waals surface area contributed by atoms with Gasteiger partial charge >= 0.3 is 0 Å². The minimum absolute atomic E-state index is 0.131. The van der Waals surface area contributed by atoms with Crippen molar-refractivity contribution in [3.05, 3.63) is 0 Å². The molecule has 0 aromatic rings. The van der Waals surface area contributed by atoms with E-state index in [1.165, 1.54) is 0 Å². The number of alkyl halides is 2. The van der Waals surface area contributed by atoms with Gasteiger partial charge in [0.2, 0.25) is 6.36 Å². The van der Waals surface area contributed by atoms with E-state index in [1.54, 1.807) is 0 Å². The lowest BCUT2D eigenvalue weighted by atomic mass is 10.2. The molecule has 0 aromatic heterocycles. The van der Waals surface area contributed by atoms with Crippen LogP contribution in [-0.4, -0.2) is 29.3 Å². The third-order valence-corrected chi connectivity index (χ3v) is 0.936. The first-order chi connectivity index (χ1) is 4.18. The summed E-state index contributed by atoms with van der Waals surface area (Å²) >= 11 is 0. The zero-order chi connectivity index (χ0) is 7.28. The summed E-state index contributed by atoms with van der Waals surface area (Å²) in [6.07, 6.45) is -4.20. The van der Waals surface area contributed by atoms with E-state index in [4.69, 9.17) is 10.2 Å². The summed E-state index contributed by atoms with van der Waals surface area (Å²) in [5.41, 5.74) is 0. The highest BCUT2D eigenvalue weighted by Crippen LogP contribution is 2.06. The van der Waals surface area contributed by atoms with Crippen molar-refractivity contribution < 1.29 is 19.0 Å². The third kappa shape index (κ3) is 4.29. The van der Waals surface area contributed by atoms with Gasteiger partial charge in [-0.3, -0.25) is 0 Å². The Morgan fingerprint density at radius 3 is 2.22 bits per heavy atom. The number of aliphatic hydroxyl groups is 2. The molecular weight excluding hydrogens is 130 g/mol. The second kappa shape index (κ2) is 4.64. The van der Waals surface area contributed by atoms with E-state index < -0.39 is 12.5 Å². The van der Waals surface area contributed by atoms with E-state index in [-0.39, 0.29) is 19.4 Å². The summed E-state index contributed by atoms with van der Waals surface area (Å²) in [5, 5.41) is 16.1. The van der Waals surface area contributed by atoms with Crippen molar-refractivity contribution in [3.63, 3.8) is 0 Å². The molecule has 0 aliphatic rings. The summed E-state index contributed by atoms with van der Waals surface area (Å²) in [4.78, 5) is 0. The molecule has 4 heteroatoms. The van der Waals surface area contributed by atoms with Crippen LogP contribution in [0, 0.1) is 0 Å². The van der Waals surface area contributed by atoms with Crippen LogP contribution < -0.4 is 0 Å². The van der Waals surface area contributed by atoms with Crippen molar-refractivity contribution in [2.75, 3.05) is 6.61 Å². The SMILES string of the molecule is OCCCC(F)C(O)F. The van der Waals surface area contributed by atoms with Crippen LogP contribution in [-0.2, 0) is 0 Å². The normalized spacial score (nSPS) is 17.3. The monoisotopic (exact) mass is 140 g/mol. The Labute approximate surface area is 52.1 Å². The molecular formula is C5H10F2O2. The van der Waals surface area contributed by atoms with Gasteiger partial charge in [0.05, 0.1) is 0 Å². The number of halogens is 2. The molecule has 2 N–H and O–H groups in total. The molecule has 0 aromatic carbocycles. The van der Waals surface area contributed by atoms with Crippen molar-refractivity contribution in [1.82, 2.24) is 0 Å². The molecule has 0 rings (SSSR count). The average Bonchev–Trinajstić information content (AvgIpc) is 1.82. The highest BCUT2D eigenvalue weighted by Gasteiger charge is 2.15. The Morgan fingerprint density at radius 1 is 1.33 bits per heavy atom. The second-order valence-electron chi connectivity index (χ2n) is 1.75. The van der Waals surface area contributed by atoms with E-state index in [2.05, 4.69) is 0 Å². The molecule has 0 aliphatic carbocycles. The number of hydrogen-bond acceptors (Lipinski definition) is 2. The maximum absolute atomic E-state index is 12.0. The zero-order valence-corrected chi connectivity index (χ0v) is 4.93. The van der Waals surface area contributed by atoms with Gasteiger partial charge in [-0.1, -0.05) is 0 Å². The first-order valence-electron chi connectivity index (χ1n) is 2.75. The first-order valence-corrected chi connectivity index (χ1v) is 2.75. The Kier molecular flexibility index (Phi) is 4.53. The van der Waals surface area contributed by atoms with Crippen LogP contribution >= 0.6 is 0 Å². The van der Waals surface area contributed by atoms with Gasteiger partial charge in [-0.15, -0.1) is 0 Å². The molecule has 0 amide bonds. The molecule has 0 radical (unpaired) electrons. The van der Waals surface area contributed by atoms with E-state index in [0.717, 1.165) is 0 Å². The van der Waals surface area contributed by atoms with Crippen LogP contribution in [0.5, 0.6) is 0 Å². The maximum Gasteiger partial charge on any atom is 0.227 e. The lowest BCUT2D eigenvalue weighted by Crippen LogP contribution is -2.16. The Hall–Kier alpha value is -0.220. The number of aliphatic hydroxyl groups excluding tert-OH is 2. The predicted octanol–water partition coefficient (Wildman–Crippen LogP) is 0.385. The minimum Gasteiger partial charge on any atom is -0.396 e. The van der Waals surface area contributed by atoms with Crippen LogP contribution in [0.1, 0.15) is 12.8 Å². The van der Waals surface area contributed by atoms with Crippen molar-refractivity contribution in [2.45, 2.75) is 25.4 Å². The molecule has 2 atom stereocenters. The van der Waals surface area contributed by atoms with Crippen LogP contribution in [0.25, 0.3) is 0 Å². The van der Waals surface area contributed by atoms with Crippen molar-refractivity contribution in [2.24, 2.45) is 0 Å². The number of rotatable bonds is 4. The number of hydrogen-bond donors (Lipinski definition) is 2. The average molecular weight is 140 g/mol. The van der Waals surface area contributed by atoms with Crippen molar-refractivity contribution >= 4 is 0 Å². The Balaban J connectivity index is 3.16. The molecule has 2 nitrogen and oxygen atoms in total. The van der Waals surface area contributed by atoms with Crippen molar-refractivity contribution in [3.8, 4) is 0 Å². The smallest absolute Gasteiger partial charge is 0.227 e. The van der Waals surface area contributed by atoms with E-state index in [0.29, 0.717) is 0 Å². The van der Waals surface area contributed by atoms with Crippen LogP contribution in [0.15, 0.2) is 0 Å². The summed E-state index contributed by atoms with van der Waals surface area (Å²) in [7, 11) is 0. The summed E-state index contributed by atoms with van der Waals surface area (Å²) in [5.74, 6) is 0. The fourth-order valence-corrected chi connectivity index (χ4v) is 0.424. The largest absolute Gasteiger partial charge is 0.396 e. The summed E-state index contributed by atoms with van der Waals surface area (Å²) < 4.78 is 23.5. The second-order valence-corrected chi connectivity index (χ2v) is 1.75. The van der Waals surface area contributed by atoms with Gasteiger partial charge in [-0.05, 0) is 12.8 Å². The molecule has 0 heterocycles. The van der Waals surface area contributed by atoms with Crippen LogP contribution in [0.2, 0.25) is 0 Å². The lowest BCUT2D eigenvalue weighted by molar-refractivity contribution is -0.0317. The van der Waals surface area contributed by atoms with Crippen LogP contribution in [0.4, 0.5) is 8.78 Å². The quantitative estimate of drug-likeness (QED) is 0.592. The summed E-state index contributed by atoms with van der Waals surface area (Å²) in [6, 6.07) is 0.